The molecule has 134 valence electrons. The summed E-state index contributed by atoms with van der Waals surface area (Å²) in [6.45, 7) is 4.91. The Morgan fingerprint density at radius 3 is 2.69 bits per heavy atom. The van der Waals surface area contributed by atoms with E-state index in [1.807, 2.05) is 0 Å². The van der Waals surface area contributed by atoms with Crippen LogP contribution in [0.3, 0.4) is 0 Å². The lowest BCUT2D eigenvalue weighted by molar-refractivity contribution is -0.178. The molecular formula is C22H22BrNO2. The molecule has 0 bridgehead atoms. The Hall–Kier alpha value is -1.65. The Morgan fingerprint density at radius 1 is 1.15 bits per heavy atom. The van der Waals surface area contributed by atoms with Crippen LogP contribution in [0.4, 0.5) is 0 Å². The first-order valence-corrected chi connectivity index (χ1v) is 10.1. The summed E-state index contributed by atoms with van der Waals surface area (Å²) in [5.41, 5.74) is 5.76. The largest absolute Gasteiger partial charge is 0.359 e. The lowest BCUT2D eigenvalue weighted by atomic mass is 10.00. The maximum atomic E-state index is 13.3. The molecule has 26 heavy (non-hydrogen) atoms. The number of morpholine rings is 1. The summed E-state index contributed by atoms with van der Waals surface area (Å²) in [6.07, 6.45) is 2.68. The van der Waals surface area contributed by atoms with E-state index in [4.69, 9.17) is 4.74 Å². The Kier molecular flexibility index (Phi) is 3.60. The average Bonchev–Trinajstić information content (AvgIpc) is 3.29. The molecule has 5 rings (SSSR count). The van der Waals surface area contributed by atoms with Gasteiger partial charge in [-0.15, -0.1) is 0 Å². The van der Waals surface area contributed by atoms with Gasteiger partial charge in [0, 0.05) is 17.4 Å². The van der Waals surface area contributed by atoms with Crippen molar-refractivity contribution in [2.75, 3.05) is 0 Å². The summed E-state index contributed by atoms with van der Waals surface area (Å²) in [4.78, 5) is 15.4. The van der Waals surface area contributed by atoms with E-state index in [1.54, 1.807) is 0 Å². The molecule has 1 heterocycles. The lowest BCUT2D eigenvalue weighted by Crippen LogP contribution is -2.53. The van der Waals surface area contributed by atoms with Crippen molar-refractivity contribution in [3.8, 4) is 0 Å². The number of hydrogen-bond acceptors (Lipinski definition) is 2. The van der Waals surface area contributed by atoms with Crippen LogP contribution in [0.5, 0.6) is 0 Å². The highest BCUT2D eigenvalue weighted by Crippen LogP contribution is 2.53. The standard InChI is InChI=1S/C22H22BrNO2/c1-13-3-4-15(9-14(13)2)12-24-20-18-6-5-17(23)10-16(18)11-19(20)26-22(7-8-22)21(24)25/h3-6,9-10,19-20H,7-8,11-12H2,1-2H3/t19-,20+/m0/s1. The summed E-state index contributed by atoms with van der Waals surface area (Å²) in [5.74, 6) is 0.174. The van der Waals surface area contributed by atoms with Crippen LogP contribution in [-0.4, -0.2) is 22.5 Å². The van der Waals surface area contributed by atoms with E-state index in [0.29, 0.717) is 6.54 Å². The van der Waals surface area contributed by atoms with Crippen LogP contribution in [-0.2, 0) is 22.5 Å². The lowest BCUT2D eigenvalue weighted by Gasteiger charge is -2.42. The summed E-state index contributed by atoms with van der Waals surface area (Å²) < 4.78 is 7.43. The number of amides is 1. The molecule has 2 aromatic carbocycles. The van der Waals surface area contributed by atoms with Crippen LogP contribution in [0, 0.1) is 13.8 Å². The Balaban J connectivity index is 1.55. The maximum Gasteiger partial charge on any atom is 0.255 e. The van der Waals surface area contributed by atoms with Crippen molar-refractivity contribution in [2.45, 2.75) is 57.4 Å². The first kappa shape index (κ1) is 16.5. The zero-order valence-electron chi connectivity index (χ0n) is 15.1. The topological polar surface area (TPSA) is 29.5 Å². The molecule has 3 aliphatic rings. The molecule has 0 N–H and O–H groups in total. The molecule has 0 radical (unpaired) electrons. The first-order chi connectivity index (χ1) is 12.5. The number of ether oxygens (including phenoxy) is 1. The highest BCUT2D eigenvalue weighted by atomic mass is 79.9. The van der Waals surface area contributed by atoms with E-state index in [2.05, 4.69) is 71.1 Å². The van der Waals surface area contributed by atoms with E-state index in [9.17, 15) is 4.79 Å². The molecule has 4 heteroatoms. The number of halogens is 1. The van der Waals surface area contributed by atoms with E-state index >= 15 is 0 Å². The van der Waals surface area contributed by atoms with Gasteiger partial charge in [0.25, 0.3) is 5.91 Å². The van der Waals surface area contributed by atoms with Gasteiger partial charge in [0.2, 0.25) is 0 Å². The number of benzene rings is 2. The Morgan fingerprint density at radius 2 is 1.96 bits per heavy atom. The van der Waals surface area contributed by atoms with E-state index in [0.717, 1.165) is 23.7 Å². The highest BCUT2D eigenvalue weighted by molar-refractivity contribution is 9.10. The quantitative estimate of drug-likeness (QED) is 0.720. The highest BCUT2D eigenvalue weighted by Gasteiger charge is 2.61. The number of carbonyl (C=O) groups excluding carboxylic acids is 1. The molecule has 0 aromatic heterocycles. The predicted molar refractivity (Wildman–Crippen MR) is 104 cm³/mol. The Labute approximate surface area is 162 Å². The zero-order chi connectivity index (χ0) is 18.1. The molecule has 2 atom stereocenters. The second-order valence-corrected chi connectivity index (χ2v) is 8.91. The minimum Gasteiger partial charge on any atom is -0.359 e. The van der Waals surface area contributed by atoms with Gasteiger partial charge in [-0.2, -0.15) is 0 Å². The van der Waals surface area contributed by atoms with Gasteiger partial charge in [0.1, 0.15) is 5.60 Å². The Bertz CT molecular complexity index is 918. The van der Waals surface area contributed by atoms with Gasteiger partial charge in [-0.1, -0.05) is 40.2 Å². The first-order valence-electron chi connectivity index (χ1n) is 9.30. The SMILES string of the molecule is Cc1ccc(CN2C(=O)C3(CC3)O[C@H]3Cc4cc(Br)ccc4[C@H]32)cc1C. The monoisotopic (exact) mass is 411 g/mol. The van der Waals surface area contributed by atoms with Gasteiger partial charge in [-0.25, -0.2) is 0 Å². The summed E-state index contributed by atoms with van der Waals surface area (Å²) in [5, 5.41) is 0. The fraction of sp³-hybridized carbons (Fsp3) is 0.409. The van der Waals surface area contributed by atoms with Crippen LogP contribution in [0.15, 0.2) is 40.9 Å². The van der Waals surface area contributed by atoms with Crippen molar-refractivity contribution in [3.63, 3.8) is 0 Å². The molecular weight excluding hydrogens is 390 g/mol. The molecule has 0 unspecified atom stereocenters. The molecule has 2 aromatic rings. The van der Waals surface area contributed by atoms with Gasteiger partial charge >= 0.3 is 0 Å². The van der Waals surface area contributed by atoms with E-state index in [1.165, 1.54) is 27.8 Å². The number of aryl methyl sites for hydroxylation is 2. The van der Waals surface area contributed by atoms with Crippen molar-refractivity contribution < 1.29 is 9.53 Å². The van der Waals surface area contributed by atoms with Gasteiger partial charge in [-0.3, -0.25) is 4.79 Å². The van der Waals surface area contributed by atoms with Gasteiger partial charge in [0.15, 0.2) is 0 Å². The number of nitrogens with zero attached hydrogens (tertiary/aromatic N) is 1. The molecule has 2 fully saturated rings. The van der Waals surface area contributed by atoms with Crippen molar-refractivity contribution in [1.82, 2.24) is 4.90 Å². The molecule has 2 aliphatic carbocycles. The molecule has 1 saturated carbocycles. The smallest absolute Gasteiger partial charge is 0.255 e. The summed E-state index contributed by atoms with van der Waals surface area (Å²) in [6, 6.07) is 12.9. The van der Waals surface area contributed by atoms with Crippen LogP contribution in [0.2, 0.25) is 0 Å². The summed E-state index contributed by atoms with van der Waals surface area (Å²) >= 11 is 3.57. The molecule has 1 saturated heterocycles. The average molecular weight is 412 g/mol. The molecule has 1 spiro atoms. The fourth-order valence-corrected chi connectivity index (χ4v) is 4.89. The van der Waals surface area contributed by atoms with Crippen LogP contribution < -0.4 is 0 Å². The minimum absolute atomic E-state index is 0.0263. The second kappa shape index (κ2) is 5.67. The maximum absolute atomic E-state index is 13.3. The van der Waals surface area contributed by atoms with Gasteiger partial charge in [-0.05, 0) is 66.6 Å². The second-order valence-electron chi connectivity index (χ2n) is 7.99. The van der Waals surface area contributed by atoms with Crippen molar-refractivity contribution in [3.05, 3.63) is 68.7 Å². The van der Waals surface area contributed by atoms with Crippen LogP contribution in [0.1, 0.15) is 46.7 Å². The van der Waals surface area contributed by atoms with Crippen LogP contribution in [0.25, 0.3) is 0 Å². The zero-order valence-corrected chi connectivity index (χ0v) is 16.7. The fourth-order valence-electron chi connectivity index (χ4n) is 4.49. The third-order valence-corrected chi connectivity index (χ3v) is 6.68. The van der Waals surface area contributed by atoms with Gasteiger partial charge < -0.3 is 9.64 Å². The number of fused-ring (bicyclic) bond motifs is 3. The third kappa shape index (κ3) is 2.46. The normalized spacial score (nSPS) is 25.3. The van der Waals surface area contributed by atoms with Crippen molar-refractivity contribution in [2.24, 2.45) is 0 Å². The van der Waals surface area contributed by atoms with E-state index < -0.39 is 5.60 Å². The third-order valence-electron chi connectivity index (χ3n) is 6.19. The van der Waals surface area contributed by atoms with Crippen molar-refractivity contribution >= 4 is 21.8 Å². The van der Waals surface area contributed by atoms with E-state index in [-0.39, 0.29) is 18.1 Å². The molecule has 3 nitrogen and oxygen atoms in total. The molecule has 1 amide bonds. The van der Waals surface area contributed by atoms with Crippen LogP contribution >= 0.6 is 15.9 Å². The predicted octanol–water partition coefficient (Wildman–Crippen LogP) is 4.62. The number of hydrogen-bond donors (Lipinski definition) is 0. The van der Waals surface area contributed by atoms with Crippen molar-refractivity contribution in [1.29, 1.82) is 0 Å². The summed E-state index contributed by atoms with van der Waals surface area (Å²) in [7, 11) is 0. The van der Waals surface area contributed by atoms with Gasteiger partial charge in [0.05, 0.1) is 12.1 Å². The minimum atomic E-state index is -0.541. The number of rotatable bonds is 2. The number of carbonyl (C=O) groups is 1. The molecule has 1 aliphatic heterocycles.